The summed E-state index contributed by atoms with van der Waals surface area (Å²) in [5, 5.41) is 0. The maximum Gasteiger partial charge on any atom is 2.00 e. The minimum absolute atomic E-state index is 0. The van der Waals surface area contributed by atoms with Crippen LogP contribution in [-0.4, -0.2) is 96.5 Å². The first-order chi connectivity index (χ1) is 27.0. The van der Waals surface area contributed by atoms with Crippen molar-refractivity contribution in [2.24, 2.45) is 0 Å². The summed E-state index contributed by atoms with van der Waals surface area (Å²) in [7, 11) is 0. The van der Waals surface area contributed by atoms with Crippen LogP contribution in [0.2, 0.25) is 0 Å². The monoisotopic (exact) mass is 871 g/mol. The molecule has 5 heteroatoms. The van der Waals surface area contributed by atoms with Gasteiger partial charge in [0, 0.05) is 22.3 Å². The molecule has 57 heavy (non-hydrogen) atoms. The summed E-state index contributed by atoms with van der Waals surface area (Å²) in [5.74, 6) is 0. The number of hydrogen-bond donors (Lipinski definition) is 0. The van der Waals surface area contributed by atoms with Gasteiger partial charge in [-0.3, -0.25) is 0 Å². The van der Waals surface area contributed by atoms with E-state index in [4.69, 9.17) is 0 Å². The Hall–Kier alpha value is -2.66. The van der Waals surface area contributed by atoms with Crippen LogP contribution in [0, 0.1) is 0 Å². The van der Waals surface area contributed by atoms with Crippen molar-refractivity contribution in [1.82, 2.24) is 0 Å². The van der Waals surface area contributed by atoms with Gasteiger partial charge in [-0.2, -0.15) is 0 Å². The molecule has 0 radical (unpaired) electrons. The molecule has 0 amide bonds. The van der Waals surface area contributed by atoms with E-state index in [1.807, 2.05) is 0 Å². The van der Waals surface area contributed by atoms with Crippen LogP contribution in [0.1, 0.15) is 105 Å². The molecule has 0 bridgehead atoms. The summed E-state index contributed by atoms with van der Waals surface area (Å²) in [4.78, 5) is 0. The Bertz CT molecular complexity index is 1200. The van der Waals surface area contributed by atoms with Gasteiger partial charge in [0.2, 0.25) is 0 Å². The van der Waals surface area contributed by atoms with E-state index in [1.165, 1.54) is 145 Å². The zero-order valence-electron chi connectivity index (χ0n) is 39.0. The number of quaternary nitrogens is 4. The van der Waals surface area contributed by atoms with Gasteiger partial charge in [0.05, 0.1) is 78.5 Å². The number of hydrogen-bond acceptors (Lipinski definition) is 0. The molecule has 318 valence electrons. The fourth-order valence-electron chi connectivity index (χ4n) is 7.91. The van der Waals surface area contributed by atoms with Crippen LogP contribution in [-0.2, 0) is 45.7 Å². The minimum atomic E-state index is 0. The summed E-state index contributed by atoms with van der Waals surface area (Å²) in [6.07, 6.45) is 0. The first-order valence-electron chi connectivity index (χ1n) is 22.6. The quantitative estimate of drug-likeness (QED) is 0.0613. The Morgan fingerprint density at radius 2 is 0.351 bits per heavy atom. The number of nitrogens with zero attached hydrogens (tertiary/aromatic N) is 4. The standard InChI is InChI=1S/4C13H22N.Ru/c4*1-4-14(5-2,6-3)12-13-10-8-7-9-11-13;/h4*7-11H,4-6,12H2,1-3H3;/q4*+1;+2. The molecule has 4 aromatic rings. The van der Waals surface area contributed by atoms with Crippen LogP contribution in [0.15, 0.2) is 121 Å². The third-order valence-corrected chi connectivity index (χ3v) is 13.5. The fourth-order valence-corrected chi connectivity index (χ4v) is 7.91. The molecular formula is C52H88N4Ru+6. The molecule has 0 aliphatic carbocycles. The fraction of sp³-hybridized carbons (Fsp3) is 0.538. The molecule has 0 aliphatic rings. The van der Waals surface area contributed by atoms with E-state index >= 15 is 0 Å². The number of rotatable bonds is 20. The van der Waals surface area contributed by atoms with Crippen LogP contribution in [0.4, 0.5) is 0 Å². The molecule has 0 fully saturated rings. The van der Waals surface area contributed by atoms with Crippen LogP contribution in [0.3, 0.4) is 0 Å². The molecule has 0 unspecified atom stereocenters. The van der Waals surface area contributed by atoms with Gasteiger partial charge in [-0.25, -0.2) is 0 Å². The van der Waals surface area contributed by atoms with Gasteiger partial charge in [0.25, 0.3) is 0 Å². The Labute approximate surface area is 367 Å². The van der Waals surface area contributed by atoms with Crippen LogP contribution >= 0.6 is 0 Å². The second-order valence-electron chi connectivity index (χ2n) is 15.7. The Kier molecular flexibility index (Phi) is 29.0. The van der Waals surface area contributed by atoms with E-state index in [-0.39, 0.29) is 19.5 Å². The van der Waals surface area contributed by atoms with Gasteiger partial charge in [0.15, 0.2) is 0 Å². The van der Waals surface area contributed by atoms with Gasteiger partial charge in [-0.05, 0) is 83.1 Å². The normalized spacial score (nSPS) is 11.4. The minimum Gasteiger partial charge on any atom is -0.321 e. The Balaban J connectivity index is 0.000000729. The second kappa shape index (κ2) is 30.4. The SMILES string of the molecule is CC[N+](CC)(CC)Cc1ccccc1.CC[N+](CC)(CC)Cc1ccccc1.CC[N+](CC)(CC)Cc1ccccc1.CC[N+](CC)(CC)Cc1ccccc1.[Ru+2]. The molecule has 0 saturated carbocycles. The Morgan fingerprint density at radius 1 is 0.228 bits per heavy atom. The summed E-state index contributed by atoms with van der Waals surface area (Å²) < 4.78 is 4.79. The van der Waals surface area contributed by atoms with Crippen molar-refractivity contribution in [1.29, 1.82) is 0 Å². The Morgan fingerprint density at radius 3 is 0.456 bits per heavy atom. The van der Waals surface area contributed by atoms with Crippen molar-refractivity contribution in [3.05, 3.63) is 144 Å². The van der Waals surface area contributed by atoms with Gasteiger partial charge in [-0.1, -0.05) is 121 Å². The molecule has 0 N–H and O–H groups in total. The van der Waals surface area contributed by atoms with E-state index in [2.05, 4.69) is 204 Å². The second-order valence-corrected chi connectivity index (χ2v) is 15.7. The molecular weight excluding hydrogens is 782 g/mol. The molecule has 0 heterocycles. The topological polar surface area (TPSA) is 0 Å². The van der Waals surface area contributed by atoms with Gasteiger partial charge in [-0.15, -0.1) is 0 Å². The van der Waals surface area contributed by atoms with E-state index in [1.54, 1.807) is 0 Å². The first kappa shape index (κ1) is 54.3. The smallest absolute Gasteiger partial charge is 0.321 e. The molecule has 0 saturated heterocycles. The van der Waals surface area contributed by atoms with Crippen molar-refractivity contribution in [2.75, 3.05) is 78.5 Å². The molecule has 0 aromatic heterocycles. The summed E-state index contributed by atoms with van der Waals surface area (Å²) in [5.41, 5.74) is 5.83. The van der Waals surface area contributed by atoms with Crippen molar-refractivity contribution < 1.29 is 37.4 Å². The van der Waals surface area contributed by atoms with E-state index < -0.39 is 0 Å². The predicted molar refractivity (Wildman–Crippen MR) is 248 cm³/mol. The summed E-state index contributed by atoms with van der Waals surface area (Å²) >= 11 is 0. The maximum atomic E-state index is 2.29. The summed E-state index contributed by atoms with van der Waals surface area (Å²) in [6.45, 7) is 46.8. The molecule has 4 aromatic carbocycles. The molecule has 0 atom stereocenters. The van der Waals surface area contributed by atoms with Gasteiger partial charge in [0.1, 0.15) is 26.2 Å². The van der Waals surface area contributed by atoms with E-state index in [9.17, 15) is 0 Å². The van der Waals surface area contributed by atoms with E-state index in [0.717, 1.165) is 0 Å². The predicted octanol–water partition coefficient (Wildman–Crippen LogP) is 12.2. The first-order valence-corrected chi connectivity index (χ1v) is 22.6. The van der Waals surface area contributed by atoms with Crippen LogP contribution < -0.4 is 0 Å². The van der Waals surface area contributed by atoms with Crippen LogP contribution in [0.25, 0.3) is 0 Å². The largest absolute Gasteiger partial charge is 2.00 e. The third kappa shape index (κ3) is 19.3. The summed E-state index contributed by atoms with van der Waals surface area (Å²) in [6, 6.07) is 43.2. The molecule has 0 aliphatic heterocycles. The average Bonchev–Trinajstić information content (AvgIpc) is 3.28. The zero-order chi connectivity index (χ0) is 41.8. The van der Waals surface area contributed by atoms with Gasteiger partial charge >= 0.3 is 19.5 Å². The maximum absolute atomic E-state index is 2.29. The molecule has 0 spiro atoms. The van der Waals surface area contributed by atoms with Crippen LogP contribution in [0.5, 0.6) is 0 Å². The third-order valence-electron chi connectivity index (χ3n) is 13.5. The van der Waals surface area contributed by atoms with Crippen molar-refractivity contribution in [3.63, 3.8) is 0 Å². The van der Waals surface area contributed by atoms with Crippen molar-refractivity contribution >= 4 is 0 Å². The average molecular weight is 870 g/mol. The van der Waals surface area contributed by atoms with Gasteiger partial charge < -0.3 is 17.9 Å². The van der Waals surface area contributed by atoms with Crippen molar-refractivity contribution in [3.8, 4) is 0 Å². The number of benzene rings is 4. The molecule has 4 rings (SSSR count). The zero-order valence-corrected chi connectivity index (χ0v) is 40.7. The van der Waals surface area contributed by atoms with Crippen molar-refractivity contribution in [2.45, 2.75) is 109 Å². The molecule has 4 nitrogen and oxygen atoms in total. The van der Waals surface area contributed by atoms with E-state index in [0.29, 0.717) is 0 Å².